The third kappa shape index (κ3) is 3.15. The van der Waals surface area contributed by atoms with Crippen molar-refractivity contribution in [2.24, 2.45) is 0 Å². The second-order valence-corrected chi connectivity index (χ2v) is 7.40. The normalized spacial score (nSPS) is 19.3. The molecule has 4 heterocycles. The van der Waals surface area contributed by atoms with Gasteiger partial charge in [-0.15, -0.1) is 22.7 Å². The maximum atomic E-state index is 5.41. The highest BCUT2D eigenvalue weighted by Crippen LogP contribution is 2.24. The van der Waals surface area contributed by atoms with Gasteiger partial charge in [0, 0.05) is 37.3 Å². The molecule has 120 valence electrons. The first-order valence-electron chi connectivity index (χ1n) is 7.54. The van der Waals surface area contributed by atoms with Gasteiger partial charge in [-0.2, -0.15) is 4.98 Å². The predicted octanol–water partition coefficient (Wildman–Crippen LogP) is 2.97. The molecule has 0 bridgehead atoms. The number of aromatic nitrogens is 3. The second-order valence-electron chi connectivity index (χ2n) is 5.58. The molecular weight excluding hydrogens is 330 g/mol. The van der Waals surface area contributed by atoms with Crippen molar-refractivity contribution in [1.29, 1.82) is 0 Å². The third-order valence-electron chi connectivity index (χ3n) is 3.95. The molecule has 8 heteroatoms. The van der Waals surface area contributed by atoms with Gasteiger partial charge in [-0.05, 0) is 18.4 Å². The van der Waals surface area contributed by atoms with Gasteiger partial charge in [0.15, 0.2) is 5.13 Å². The number of thiophene rings is 1. The van der Waals surface area contributed by atoms with Crippen LogP contribution in [0.2, 0.25) is 0 Å². The Morgan fingerprint density at radius 3 is 3.00 bits per heavy atom. The summed E-state index contributed by atoms with van der Waals surface area (Å²) in [5.74, 6) is 1.37. The average Bonchev–Trinajstić information content (AvgIpc) is 3.30. The molecule has 1 aliphatic rings. The van der Waals surface area contributed by atoms with Crippen LogP contribution in [-0.2, 0) is 6.54 Å². The fourth-order valence-electron chi connectivity index (χ4n) is 2.83. The quantitative estimate of drug-likeness (QED) is 0.723. The van der Waals surface area contributed by atoms with Crippen LogP contribution >= 0.6 is 22.7 Å². The van der Waals surface area contributed by atoms with E-state index in [4.69, 9.17) is 4.52 Å². The van der Waals surface area contributed by atoms with Crippen molar-refractivity contribution in [1.82, 2.24) is 20.0 Å². The molecule has 6 nitrogen and oxygen atoms in total. The van der Waals surface area contributed by atoms with Crippen LogP contribution in [0.1, 0.15) is 12.8 Å². The molecule has 1 atom stereocenters. The van der Waals surface area contributed by atoms with E-state index in [1.165, 1.54) is 0 Å². The Hall–Kier alpha value is -1.77. The van der Waals surface area contributed by atoms with Crippen molar-refractivity contribution >= 4 is 27.8 Å². The molecule has 0 saturated carbocycles. The smallest absolute Gasteiger partial charge is 0.241 e. The molecule has 0 aromatic carbocycles. The lowest BCUT2D eigenvalue weighted by molar-refractivity contribution is 0.194. The van der Waals surface area contributed by atoms with E-state index in [0.29, 0.717) is 24.3 Å². The topological polar surface area (TPSA) is 58.3 Å². The number of anilines is 1. The summed E-state index contributed by atoms with van der Waals surface area (Å²) >= 11 is 3.32. The number of hydrogen-bond acceptors (Lipinski definition) is 8. The van der Waals surface area contributed by atoms with E-state index in [0.717, 1.165) is 29.6 Å². The van der Waals surface area contributed by atoms with Crippen LogP contribution in [0.25, 0.3) is 10.7 Å². The molecule has 0 N–H and O–H groups in total. The lowest BCUT2D eigenvalue weighted by Crippen LogP contribution is -2.51. The molecular formula is C15H17N5OS2. The maximum absolute atomic E-state index is 5.41. The van der Waals surface area contributed by atoms with Crippen LogP contribution in [0.4, 0.5) is 5.13 Å². The molecule has 0 aliphatic carbocycles. The highest BCUT2D eigenvalue weighted by Gasteiger charge is 2.26. The number of nitrogens with zero attached hydrogens (tertiary/aromatic N) is 5. The summed E-state index contributed by atoms with van der Waals surface area (Å²) in [6, 6.07) is 4.43. The SMILES string of the molecule is CC1CN(Cc2nc(-c3cccs3)no2)CCN1c1nccs1. The van der Waals surface area contributed by atoms with Gasteiger partial charge < -0.3 is 9.42 Å². The van der Waals surface area contributed by atoms with Crippen LogP contribution < -0.4 is 4.90 Å². The van der Waals surface area contributed by atoms with E-state index < -0.39 is 0 Å². The van der Waals surface area contributed by atoms with Crippen molar-refractivity contribution in [3.8, 4) is 10.7 Å². The van der Waals surface area contributed by atoms with Gasteiger partial charge in [-0.1, -0.05) is 11.2 Å². The molecule has 3 aromatic rings. The number of thiazole rings is 1. The zero-order chi connectivity index (χ0) is 15.6. The molecule has 1 fully saturated rings. The summed E-state index contributed by atoms with van der Waals surface area (Å²) in [4.78, 5) is 14.7. The summed E-state index contributed by atoms with van der Waals surface area (Å²) in [6.07, 6.45) is 1.86. The molecule has 0 radical (unpaired) electrons. The molecule has 0 spiro atoms. The molecule has 1 aliphatic heterocycles. The van der Waals surface area contributed by atoms with E-state index >= 15 is 0 Å². The summed E-state index contributed by atoms with van der Waals surface area (Å²) in [5, 5.41) is 9.23. The van der Waals surface area contributed by atoms with Gasteiger partial charge in [-0.25, -0.2) is 4.98 Å². The molecule has 23 heavy (non-hydrogen) atoms. The van der Waals surface area contributed by atoms with Gasteiger partial charge in [0.05, 0.1) is 11.4 Å². The monoisotopic (exact) mass is 347 g/mol. The number of hydrogen-bond donors (Lipinski definition) is 0. The highest BCUT2D eigenvalue weighted by molar-refractivity contribution is 7.13. The van der Waals surface area contributed by atoms with Crippen molar-refractivity contribution in [3.63, 3.8) is 0 Å². The van der Waals surface area contributed by atoms with E-state index in [2.05, 4.69) is 31.8 Å². The van der Waals surface area contributed by atoms with E-state index in [1.807, 2.05) is 29.1 Å². The van der Waals surface area contributed by atoms with Crippen molar-refractivity contribution in [2.45, 2.75) is 19.5 Å². The van der Waals surface area contributed by atoms with Gasteiger partial charge in [0.2, 0.25) is 11.7 Å². The molecule has 3 aromatic heterocycles. The van der Waals surface area contributed by atoms with Crippen LogP contribution in [0.15, 0.2) is 33.6 Å². The zero-order valence-corrected chi connectivity index (χ0v) is 14.4. The minimum absolute atomic E-state index is 0.426. The lowest BCUT2D eigenvalue weighted by Gasteiger charge is -2.39. The Labute approximate surface area is 142 Å². The zero-order valence-electron chi connectivity index (χ0n) is 12.8. The Morgan fingerprint density at radius 1 is 1.30 bits per heavy atom. The first kappa shape index (κ1) is 14.8. The Morgan fingerprint density at radius 2 is 2.26 bits per heavy atom. The lowest BCUT2D eigenvalue weighted by atomic mass is 10.2. The maximum Gasteiger partial charge on any atom is 0.241 e. The van der Waals surface area contributed by atoms with Crippen LogP contribution in [0.5, 0.6) is 0 Å². The molecule has 0 amide bonds. The predicted molar refractivity (Wildman–Crippen MR) is 91.8 cm³/mol. The molecule has 4 rings (SSSR count). The van der Waals surface area contributed by atoms with E-state index in [1.54, 1.807) is 22.7 Å². The standard InChI is InChI=1S/C15H17N5OS2/c1-11-9-19(5-6-20(11)15-16-4-8-23-15)10-13-17-14(18-21-13)12-3-2-7-22-12/h2-4,7-8,11H,5-6,9-10H2,1H3. The molecule has 1 unspecified atom stereocenters. The van der Waals surface area contributed by atoms with Crippen molar-refractivity contribution in [2.75, 3.05) is 24.5 Å². The van der Waals surface area contributed by atoms with Crippen LogP contribution in [-0.4, -0.2) is 45.7 Å². The van der Waals surface area contributed by atoms with E-state index in [9.17, 15) is 0 Å². The Kier molecular flexibility index (Phi) is 4.11. The second kappa shape index (κ2) is 6.38. The summed E-state index contributed by atoms with van der Waals surface area (Å²) < 4.78 is 5.41. The van der Waals surface area contributed by atoms with Crippen LogP contribution in [0.3, 0.4) is 0 Å². The minimum Gasteiger partial charge on any atom is -0.343 e. The fraction of sp³-hybridized carbons (Fsp3) is 0.400. The third-order valence-corrected chi connectivity index (χ3v) is 5.62. The minimum atomic E-state index is 0.426. The average molecular weight is 347 g/mol. The first-order chi connectivity index (χ1) is 11.3. The first-order valence-corrected chi connectivity index (χ1v) is 9.30. The van der Waals surface area contributed by atoms with Gasteiger partial charge in [0.1, 0.15) is 0 Å². The van der Waals surface area contributed by atoms with Gasteiger partial charge in [0.25, 0.3) is 0 Å². The summed E-state index contributed by atoms with van der Waals surface area (Å²) in [7, 11) is 0. The van der Waals surface area contributed by atoms with E-state index in [-0.39, 0.29) is 0 Å². The fourth-order valence-corrected chi connectivity index (χ4v) is 4.26. The summed E-state index contributed by atoms with van der Waals surface area (Å²) in [5.41, 5.74) is 0. The Bertz CT molecular complexity index is 740. The van der Waals surface area contributed by atoms with Gasteiger partial charge in [-0.3, -0.25) is 4.90 Å². The Balaban J connectivity index is 1.39. The van der Waals surface area contributed by atoms with Crippen LogP contribution in [0, 0.1) is 0 Å². The van der Waals surface area contributed by atoms with Gasteiger partial charge >= 0.3 is 0 Å². The largest absolute Gasteiger partial charge is 0.343 e. The highest BCUT2D eigenvalue weighted by atomic mass is 32.1. The summed E-state index contributed by atoms with van der Waals surface area (Å²) in [6.45, 7) is 5.85. The van der Waals surface area contributed by atoms with Crippen molar-refractivity contribution in [3.05, 3.63) is 35.0 Å². The number of rotatable bonds is 4. The van der Waals surface area contributed by atoms with Crippen molar-refractivity contribution < 1.29 is 4.52 Å². The molecule has 1 saturated heterocycles. The number of piperazine rings is 1.